The predicted molar refractivity (Wildman–Crippen MR) is 142 cm³/mol. The highest BCUT2D eigenvalue weighted by Crippen LogP contribution is 2.35. The first-order chi connectivity index (χ1) is 17.8. The lowest BCUT2D eigenvalue weighted by atomic mass is 10.0. The second kappa shape index (κ2) is 11.4. The van der Waals surface area contributed by atoms with E-state index in [-0.39, 0.29) is 24.0 Å². The van der Waals surface area contributed by atoms with E-state index in [4.69, 9.17) is 15.2 Å². The summed E-state index contributed by atoms with van der Waals surface area (Å²) >= 11 is 0. The number of hydrogen-bond acceptors (Lipinski definition) is 6. The number of ether oxygens (including phenoxy) is 2. The average molecular weight is 506 g/mol. The lowest BCUT2D eigenvalue weighted by molar-refractivity contribution is -0.135. The van der Waals surface area contributed by atoms with Crippen molar-refractivity contribution in [2.45, 2.75) is 51.8 Å². The number of hydrogen-bond donors (Lipinski definition) is 3. The number of H-pyrrole nitrogens is 1. The second-order valence-corrected chi connectivity index (χ2v) is 9.65. The van der Waals surface area contributed by atoms with E-state index in [0.29, 0.717) is 23.8 Å². The maximum absolute atomic E-state index is 13.4. The molecular weight excluding hydrogens is 470 g/mol. The lowest BCUT2D eigenvalue weighted by Crippen LogP contribution is -2.51. The van der Waals surface area contributed by atoms with E-state index in [1.165, 1.54) is 7.11 Å². The Kier molecular flexibility index (Phi) is 8.01. The smallest absolute Gasteiger partial charge is 0.407 e. The van der Waals surface area contributed by atoms with Gasteiger partial charge in [0.05, 0.1) is 30.7 Å². The van der Waals surface area contributed by atoms with Crippen molar-refractivity contribution in [1.29, 1.82) is 0 Å². The maximum Gasteiger partial charge on any atom is 0.407 e. The van der Waals surface area contributed by atoms with Crippen LogP contribution in [0.2, 0.25) is 0 Å². The summed E-state index contributed by atoms with van der Waals surface area (Å²) in [5, 5.41) is 2.68. The van der Waals surface area contributed by atoms with E-state index in [9.17, 15) is 9.59 Å². The van der Waals surface area contributed by atoms with Gasteiger partial charge in [0.1, 0.15) is 23.7 Å². The molecule has 0 aliphatic carbocycles. The number of likely N-dealkylation sites (tertiary alicyclic amines) is 1. The molecule has 0 saturated carbocycles. The molecule has 2 amide bonds. The van der Waals surface area contributed by atoms with Crippen LogP contribution in [0.3, 0.4) is 0 Å². The third-order valence-corrected chi connectivity index (χ3v) is 6.74. The van der Waals surface area contributed by atoms with Gasteiger partial charge < -0.3 is 30.4 Å². The Balaban J connectivity index is 1.53. The van der Waals surface area contributed by atoms with Crippen LogP contribution < -0.4 is 15.8 Å². The zero-order valence-electron chi connectivity index (χ0n) is 21.7. The van der Waals surface area contributed by atoms with E-state index in [0.717, 1.165) is 29.7 Å². The van der Waals surface area contributed by atoms with Gasteiger partial charge in [0.15, 0.2) is 0 Å². The zero-order chi connectivity index (χ0) is 26.5. The van der Waals surface area contributed by atoms with Crippen molar-refractivity contribution in [3.05, 3.63) is 66.1 Å². The molecule has 2 aromatic carbocycles. The van der Waals surface area contributed by atoms with Gasteiger partial charge in [-0.2, -0.15) is 0 Å². The number of benzene rings is 2. The van der Waals surface area contributed by atoms with Gasteiger partial charge in [0.2, 0.25) is 5.91 Å². The van der Waals surface area contributed by atoms with Crippen LogP contribution in [0.15, 0.2) is 54.7 Å². The van der Waals surface area contributed by atoms with Crippen molar-refractivity contribution in [2.24, 2.45) is 5.92 Å². The molecule has 3 atom stereocenters. The molecule has 0 radical (unpaired) electrons. The van der Waals surface area contributed by atoms with Gasteiger partial charge in [-0.25, -0.2) is 9.78 Å². The minimum Gasteiger partial charge on any atom is -0.484 e. The first kappa shape index (κ1) is 26.1. The third-order valence-electron chi connectivity index (χ3n) is 6.74. The number of anilines is 1. The molecule has 1 aliphatic rings. The number of carbonyl (C=O) groups is 2. The summed E-state index contributed by atoms with van der Waals surface area (Å²) in [5.74, 6) is 1.07. The SMILES string of the molecule is COC(=O)N[C@H](C(=O)N1CCC[C@H]1c1ncc(-c2ccc(N)c(O[C@@H](C)c3ccccc3)c2)[nH]1)C(C)C. The molecule has 1 aromatic heterocycles. The number of imidazole rings is 1. The predicted octanol–water partition coefficient (Wildman–Crippen LogP) is 4.84. The first-order valence-electron chi connectivity index (χ1n) is 12.6. The van der Waals surface area contributed by atoms with Crippen LogP contribution >= 0.6 is 0 Å². The number of amides is 2. The first-order valence-corrected chi connectivity index (χ1v) is 12.6. The second-order valence-electron chi connectivity index (χ2n) is 9.65. The lowest BCUT2D eigenvalue weighted by Gasteiger charge is -2.30. The molecule has 9 heteroatoms. The van der Waals surface area contributed by atoms with Crippen LogP contribution in [0, 0.1) is 5.92 Å². The molecule has 0 spiro atoms. The van der Waals surface area contributed by atoms with Gasteiger partial charge >= 0.3 is 6.09 Å². The molecule has 4 rings (SSSR count). The monoisotopic (exact) mass is 505 g/mol. The standard InChI is InChI=1S/C28H35N5O4/c1-17(2)25(32-28(35)36-4)27(34)33-14-8-11-23(33)26-30-16-22(31-26)20-12-13-21(29)24(15-20)37-18(3)19-9-6-5-7-10-19/h5-7,9-10,12-13,15-18,23,25H,8,11,14,29H2,1-4H3,(H,30,31)(H,32,35)/t18-,23-,25-/m0/s1. The normalized spacial score (nSPS) is 16.9. The third kappa shape index (κ3) is 5.87. The highest BCUT2D eigenvalue weighted by Gasteiger charge is 2.37. The summed E-state index contributed by atoms with van der Waals surface area (Å²) in [4.78, 5) is 35.0. The Morgan fingerprint density at radius 3 is 2.62 bits per heavy atom. The molecule has 2 heterocycles. The van der Waals surface area contributed by atoms with Crippen LogP contribution in [0.5, 0.6) is 5.75 Å². The van der Waals surface area contributed by atoms with Gasteiger partial charge in [0, 0.05) is 12.1 Å². The van der Waals surface area contributed by atoms with Gasteiger partial charge in [-0.15, -0.1) is 0 Å². The number of rotatable bonds is 8. The van der Waals surface area contributed by atoms with Crippen LogP contribution in [0.1, 0.15) is 57.1 Å². The molecule has 3 aromatic rings. The molecule has 37 heavy (non-hydrogen) atoms. The number of nitrogens with zero attached hydrogens (tertiary/aromatic N) is 2. The van der Waals surface area contributed by atoms with Crippen molar-refractivity contribution >= 4 is 17.7 Å². The fraction of sp³-hybridized carbons (Fsp3) is 0.393. The van der Waals surface area contributed by atoms with Gasteiger partial charge in [0.25, 0.3) is 0 Å². The molecule has 196 valence electrons. The van der Waals surface area contributed by atoms with Crippen molar-refractivity contribution in [2.75, 3.05) is 19.4 Å². The Hall–Kier alpha value is -4.01. The van der Waals surface area contributed by atoms with Crippen molar-refractivity contribution in [3.63, 3.8) is 0 Å². The number of nitrogens with two attached hydrogens (primary N) is 1. The number of alkyl carbamates (subject to hydrolysis) is 1. The highest BCUT2D eigenvalue weighted by molar-refractivity contribution is 5.86. The van der Waals surface area contributed by atoms with Crippen molar-refractivity contribution in [3.8, 4) is 17.0 Å². The van der Waals surface area contributed by atoms with Crippen molar-refractivity contribution in [1.82, 2.24) is 20.2 Å². The number of nitrogens with one attached hydrogen (secondary N) is 2. The van der Waals surface area contributed by atoms with E-state index in [1.54, 1.807) is 11.1 Å². The van der Waals surface area contributed by atoms with Crippen LogP contribution in [-0.2, 0) is 9.53 Å². The molecule has 0 bridgehead atoms. The van der Waals surface area contributed by atoms with Crippen molar-refractivity contribution < 1.29 is 19.1 Å². The van der Waals surface area contributed by atoms with Crippen LogP contribution in [-0.4, -0.2) is 46.6 Å². The summed E-state index contributed by atoms with van der Waals surface area (Å²) in [6.07, 6.45) is 2.62. The Morgan fingerprint density at radius 2 is 1.92 bits per heavy atom. The molecule has 9 nitrogen and oxygen atoms in total. The molecule has 1 fully saturated rings. The largest absolute Gasteiger partial charge is 0.484 e. The van der Waals surface area contributed by atoms with Crippen LogP contribution in [0.25, 0.3) is 11.3 Å². The Bertz CT molecular complexity index is 1230. The summed E-state index contributed by atoms with van der Waals surface area (Å²) in [6, 6.07) is 14.7. The van der Waals surface area contributed by atoms with E-state index in [2.05, 4.69) is 15.3 Å². The van der Waals surface area contributed by atoms with Gasteiger partial charge in [-0.05, 0) is 43.4 Å². The Labute approximate surface area is 217 Å². The number of carbonyl (C=O) groups excluding carboxylic acids is 2. The number of aromatic amines is 1. The topological polar surface area (TPSA) is 123 Å². The summed E-state index contributed by atoms with van der Waals surface area (Å²) in [5.41, 5.74) is 9.51. The summed E-state index contributed by atoms with van der Waals surface area (Å²) in [6.45, 7) is 6.38. The molecule has 0 unspecified atom stereocenters. The molecule has 1 saturated heterocycles. The number of nitrogen functional groups attached to an aromatic ring is 1. The summed E-state index contributed by atoms with van der Waals surface area (Å²) < 4.78 is 10.9. The van der Waals surface area contributed by atoms with Gasteiger partial charge in [-0.3, -0.25) is 4.79 Å². The molecule has 4 N–H and O–H groups in total. The minimum absolute atomic E-state index is 0.0912. The number of methoxy groups -OCH3 is 1. The maximum atomic E-state index is 13.4. The zero-order valence-corrected chi connectivity index (χ0v) is 21.7. The molecule has 1 aliphatic heterocycles. The van der Waals surface area contributed by atoms with Gasteiger partial charge in [-0.1, -0.05) is 50.2 Å². The van der Waals surface area contributed by atoms with E-state index in [1.807, 2.05) is 69.3 Å². The van der Waals surface area contributed by atoms with E-state index >= 15 is 0 Å². The fourth-order valence-corrected chi connectivity index (χ4v) is 4.63. The fourth-order valence-electron chi connectivity index (χ4n) is 4.63. The molecular formula is C28H35N5O4. The number of aromatic nitrogens is 2. The van der Waals surface area contributed by atoms with E-state index < -0.39 is 12.1 Å². The quantitative estimate of drug-likeness (QED) is 0.377. The summed E-state index contributed by atoms with van der Waals surface area (Å²) in [7, 11) is 1.29. The van der Waals surface area contributed by atoms with Crippen LogP contribution in [0.4, 0.5) is 10.5 Å². The highest BCUT2D eigenvalue weighted by atomic mass is 16.5. The minimum atomic E-state index is -0.675. The Morgan fingerprint density at radius 1 is 1.16 bits per heavy atom. The average Bonchev–Trinajstić information content (AvgIpc) is 3.58.